The smallest absolute Gasteiger partial charge is 0.175 e. The van der Waals surface area contributed by atoms with Crippen molar-refractivity contribution in [3.8, 4) is 5.75 Å². The third kappa shape index (κ3) is 2.09. The molecule has 0 aromatic heterocycles. The predicted octanol–water partition coefficient (Wildman–Crippen LogP) is 2.21. The molecule has 1 rings (SSSR count). The Balaban J connectivity index is 3.13. The van der Waals surface area contributed by atoms with Gasteiger partial charge in [0.25, 0.3) is 0 Å². The fourth-order valence-electron chi connectivity index (χ4n) is 0.846. The van der Waals surface area contributed by atoms with Crippen molar-refractivity contribution in [2.24, 2.45) is 5.16 Å². The van der Waals surface area contributed by atoms with Crippen molar-refractivity contribution < 1.29 is 14.3 Å². The van der Waals surface area contributed by atoms with Crippen LogP contribution < -0.4 is 4.74 Å². The van der Waals surface area contributed by atoms with Gasteiger partial charge in [0, 0.05) is 5.56 Å². The predicted molar refractivity (Wildman–Crippen MR) is 47.1 cm³/mol. The fraction of sp³-hybridized carbons (Fsp3) is 0.125. The number of benzene rings is 1. The van der Waals surface area contributed by atoms with E-state index in [1.165, 1.54) is 25.3 Å². The minimum absolute atomic E-state index is 0.0549. The van der Waals surface area contributed by atoms with Gasteiger partial charge < -0.3 is 9.94 Å². The largest absolute Gasteiger partial charge is 0.494 e. The molecule has 0 radical (unpaired) electrons. The molecule has 0 fully saturated rings. The number of halogens is 2. The van der Waals surface area contributed by atoms with Crippen molar-refractivity contribution in [3.63, 3.8) is 0 Å². The van der Waals surface area contributed by atoms with Crippen LogP contribution in [0.4, 0.5) is 4.39 Å². The molecule has 1 N–H and O–H groups in total. The van der Waals surface area contributed by atoms with Crippen LogP contribution in [0.15, 0.2) is 23.4 Å². The maximum atomic E-state index is 12.9. The van der Waals surface area contributed by atoms with Gasteiger partial charge in [-0.25, -0.2) is 4.39 Å². The zero-order valence-electron chi connectivity index (χ0n) is 6.79. The molecule has 0 unspecified atom stereocenters. The van der Waals surface area contributed by atoms with Crippen molar-refractivity contribution in [2.45, 2.75) is 0 Å². The van der Waals surface area contributed by atoms with Gasteiger partial charge in [0.1, 0.15) is 0 Å². The van der Waals surface area contributed by atoms with E-state index in [2.05, 4.69) is 5.16 Å². The molecule has 70 valence electrons. The molecule has 1 aromatic rings. The summed E-state index contributed by atoms with van der Waals surface area (Å²) in [4.78, 5) is 0. The van der Waals surface area contributed by atoms with Gasteiger partial charge in [0.2, 0.25) is 0 Å². The summed E-state index contributed by atoms with van der Waals surface area (Å²) in [5.41, 5.74) is 0.391. The number of nitrogens with zero attached hydrogens (tertiary/aromatic N) is 1. The number of oxime groups is 1. The van der Waals surface area contributed by atoms with Crippen LogP contribution in [-0.4, -0.2) is 17.5 Å². The lowest BCUT2D eigenvalue weighted by Gasteiger charge is -2.02. The van der Waals surface area contributed by atoms with Gasteiger partial charge in [-0.2, -0.15) is 0 Å². The molecular weight excluding hydrogens is 197 g/mol. The highest BCUT2D eigenvalue weighted by atomic mass is 35.5. The first-order valence-corrected chi connectivity index (χ1v) is 3.78. The lowest BCUT2D eigenvalue weighted by atomic mass is 10.2. The fourth-order valence-corrected chi connectivity index (χ4v) is 0.963. The first-order valence-electron chi connectivity index (χ1n) is 3.40. The van der Waals surface area contributed by atoms with Crippen LogP contribution in [0.25, 0.3) is 0 Å². The summed E-state index contributed by atoms with van der Waals surface area (Å²) in [6.45, 7) is 0. The summed E-state index contributed by atoms with van der Waals surface area (Å²) in [5, 5.41) is 11.0. The molecule has 5 heteroatoms. The van der Waals surface area contributed by atoms with Crippen molar-refractivity contribution >= 4 is 16.8 Å². The molecule has 0 amide bonds. The Morgan fingerprint density at radius 3 is 2.85 bits per heavy atom. The molecule has 0 saturated carbocycles. The Hall–Kier alpha value is -1.29. The molecule has 13 heavy (non-hydrogen) atoms. The Morgan fingerprint density at radius 1 is 1.62 bits per heavy atom. The third-order valence-electron chi connectivity index (χ3n) is 1.48. The molecule has 0 aliphatic carbocycles. The second kappa shape index (κ2) is 4.09. The molecule has 0 atom stereocenters. The van der Waals surface area contributed by atoms with Crippen LogP contribution in [0.5, 0.6) is 5.75 Å². The van der Waals surface area contributed by atoms with Crippen LogP contribution in [0.3, 0.4) is 0 Å². The van der Waals surface area contributed by atoms with Gasteiger partial charge in [0.05, 0.1) is 7.11 Å². The van der Waals surface area contributed by atoms with Crippen LogP contribution in [-0.2, 0) is 0 Å². The Morgan fingerprint density at radius 2 is 2.31 bits per heavy atom. The molecule has 1 aromatic carbocycles. The number of rotatable bonds is 2. The van der Waals surface area contributed by atoms with Crippen LogP contribution in [0, 0.1) is 5.82 Å². The summed E-state index contributed by atoms with van der Waals surface area (Å²) < 4.78 is 17.6. The van der Waals surface area contributed by atoms with Gasteiger partial charge >= 0.3 is 0 Å². The van der Waals surface area contributed by atoms with Crippen molar-refractivity contribution in [1.29, 1.82) is 0 Å². The highest BCUT2D eigenvalue weighted by Gasteiger charge is 2.06. The molecule has 3 nitrogen and oxygen atoms in total. The van der Waals surface area contributed by atoms with E-state index in [9.17, 15) is 4.39 Å². The number of methoxy groups -OCH3 is 1. The number of hydrogen-bond donors (Lipinski definition) is 1. The molecule has 0 saturated heterocycles. The Labute approximate surface area is 79.4 Å². The third-order valence-corrected chi connectivity index (χ3v) is 1.77. The summed E-state index contributed by atoms with van der Waals surface area (Å²) in [5.74, 6) is -0.437. The highest BCUT2D eigenvalue weighted by Crippen LogP contribution is 2.19. The van der Waals surface area contributed by atoms with E-state index in [0.29, 0.717) is 5.56 Å². The van der Waals surface area contributed by atoms with Gasteiger partial charge in [0.15, 0.2) is 16.7 Å². The SMILES string of the molecule is COc1cc(C(Cl)=NO)ccc1F. The van der Waals surface area contributed by atoms with E-state index in [1.54, 1.807) is 0 Å². The zero-order chi connectivity index (χ0) is 9.84. The first-order chi connectivity index (χ1) is 6.19. The van der Waals surface area contributed by atoms with Crippen molar-refractivity contribution in [2.75, 3.05) is 7.11 Å². The molecule has 0 aliphatic rings. The van der Waals surface area contributed by atoms with E-state index >= 15 is 0 Å². The quantitative estimate of drug-likeness (QED) is 0.455. The molecule has 0 spiro atoms. The number of ether oxygens (including phenoxy) is 1. The maximum absolute atomic E-state index is 12.9. The standard InChI is InChI=1S/C8H7ClFNO2/c1-13-7-4-5(8(9)11-12)2-3-6(7)10/h2-4,12H,1H3. The lowest BCUT2D eigenvalue weighted by molar-refractivity contribution is 0.320. The van der Waals surface area contributed by atoms with E-state index in [-0.39, 0.29) is 10.9 Å². The number of hydrogen-bond acceptors (Lipinski definition) is 3. The monoisotopic (exact) mass is 203 g/mol. The molecular formula is C8H7ClFNO2. The van der Waals surface area contributed by atoms with Crippen LogP contribution in [0.2, 0.25) is 0 Å². The van der Waals surface area contributed by atoms with Crippen molar-refractivity contribution in [3.05, 3.63) is 29.6 Å². The van der Waals surface area contributed by atoms with E-state index in [4.69, 9.17) is 21.5 Å². The second-order valence-corrected chi connectivity index (χ2v) is 2.60. The van der Waals surface area contributed by atoms with Crippen LogP contribution in [0.1, 0.15) is 5.56 Å². The Kier molecular flexibility index (Phi) is 3.08. The first kappa shape index (κ1) is 9.80. The van der Waals surface area contributed by atoms with Gasteiger partial charge in [-0.1, -0.05) is 16.8 Å². The average molecular weight is 204 g/mol. The average Bonchev–Trinajstić information content (AvgIpc) is 2.17. The summed E-state index contributed by atoms with van der Waals surface area (Å²) in [6.07, 6.45) is 0. The van der Waals surface area contributed by atoms with Gasteiger partial charge in [-0.3, -0.25) is 0 Å². The van der Waals surface area contributed by atoms with Gasteiger partial charge in [-0.05, 0) is 18.2 Å². The van der Waals surface area contributed by atoms with E-state index in [0.717, 1.165) is 0 Å². The van der Waals surface area contributed by atoms with Crippen LogP contribution >= 0.6 is 11.6 Å². The summed E-state index contributed by atoms with van der Waals surface area (Å²) in [6, 6.07) is 3.92. The zero-order valence-corrected chi connectivity index (χ0v) is 7.55. The van der Waals surface area contributed by atoms with E-state index in [1.807, 2.05) is 0 Å². The van der Waals surface area contributed by atoms with Gasteiger partial charge in [-0.15, -0.1) is 0 Å². The lowest BCUT2D eigenvalue weighted by Crippen LogP contribution is -1.94. The Bertz CT molecular complexity index is 341. The second-order valence-electron chi connectivity index (χ2n) is 2.24. The molecule has 0 aliphatic heterocycles. The maximum Gasteiger partial charge on any atom is 0.175 e. The molecule has 0 heterocycles. The van der Waals surface area contributed by atoms with Crippen molar-refractivity contribution in [1.82, 2.24) is 0 Å². The minimum Gasteiger partial charge on any atom is -0.494 e. The van der Waals surface area contributed by atoms with E-state index < -0.39 is 5.82 Å². The normalized spacial score (nSPS) is 11.5. The summed E-state index contributed by atoms with van der Waals surface area (Å²) >= 11 is 5.49. The summed E-state index contributed by atoms with van der Waals surface area (Å²) in [7, 11) is 1.34. The molecule has 0 bridgehead atoms. The topological polar surface area (TPSA) is 41.8 Å². The minimum atomic E-state index is -0.492. The highest BCUT2D eigenvalue weighted by molar-refractivity contribution is 6.69.